The largest absolute Gasteiger partial charge is 0.485 e. The Bertz CT molecular complexity index is 573. The van der Waals surface area contributed by atoms with Crippen molar-refractivity contribution in [1.82, 2.24) is 9.97 Å². The highest BCUT2D eigenvalue weighted by molar-refractivity contribution is 5.95. The Kier molecular flexibility index (Phi) is 3.75. The predicted octanol–water partition coefficient (Wildman–Crippen LogP) is 1.96. The minimum atomic E-state index is 0.0594. The number of nitrogen functional groups attached to an aromatic ring is 1. The van der Waals surface area contributed by atoms with Crippen LogP contribution in [0.1, 0.15) is 22.5 Å². The van der Waals surface area contributed by atoms with Gasteiger partial charge in [-0.25, -0.2) is 9.97 Å². The summed E-state index contributed by atoms with van der Waals surface area (Å²) >= 11 is 0. The fraction of sp³-hybridized carbons (Fsp3) is 0.214. The van der Waals surface area contributed by atoms with Gasteiger partial charge in [-0.15, -0.1) is 0 Å². The molecule has 98 valence electrons. The van der Waals surface area contributed by atoms with Gasteiger partial charge >= 0.3 is 0 Å². The van der Waals surface area contributed by atoms with E-state index < -0.39 is 0 Å². The average molecular weight is 256 g/mol. The summed E-state index contributed by atoms with van der Waals surface area (Å²) in [7, 11) is 0. The maximum absolute atomic E-state index is 7.45. The third kappa shape index (κ3) is 3.07. The van der Waals surface area contributed by atoms with Gasteiger partial charge in [-0.2, -0.15) is 0 Å². The number of rotatable bonds is 4. The van der Waals surface area contributed by atoms with Crippen LogP contribution in [0.4, 0.5) is 0 Å². The number of benzene rings is 1. The SMILES string of the molecule is Cc1cc(C(=N)N)cc(C)c1OCc1ncccn1. The molecule has 0 radical (unpaired) electrons. The number of aromatic nitrogens is 2. The smallest absolute Gasteiger partial charge is 0.166 e. The topological polar surface area (TPSA) is 84.9 Å². The molecule has 1 aromatic carbocycles. The molecule has 0 aliphatic carbocycles. The van der Waals surface area contributed by atoms with Crippen LogP contribution in [0.25, 0.3) is 0 Å². The second kappa shape index (κ2) is 5.48. The summed E-state index contributed by atoms with van der Waals surface area (Å²) in [5.41, 5.74) is 8.09. The van der Waals surface area contributed by atoms with E-state index in [0.717, 1.165) is 16.9 Å². The van der Waals surface area contributed by atoms with Gasteiger partial charge in [-0.05, 0) is 43.2 Å². The number of hydrogen-bond donors (Lipinski definition) is 2. The van der Waals surface area contributed by atoms with Gasteiger partial charge in [0, 0.05) is 18.0 Å². The molecule has 1 aromatic heterocycles. The van der Waals surface area contributed by atoms with Gasteiger partial charge in [-0.3, -0.25) is 5.41 Å². The van der Waals surface area contributed by atoms with Crippen LogP contribution in [0.15, 0.2) is 30.6 Å². The molecule has 19 heavy (non-hydrogen) atoms. The van der Waals surface area contributed by atoms with Crippen LogP contribution < -0.4 is 10.5 Å². The lowest BCUT2D eigenvalue weighted by molar-refractivity contribution is 0.291. The number of nitrogens with zero attached hydrogens (tertiary/aromatic N) is 2. The zero-order valence-electron chi connectivity index (χ0n) is 11.0. The zero-order chi connectivity index (χ0) is 13.8. The molecular weight excluding hydrogens is 240 g/mol. The minimum absolute atomic E-state index is 0.0594. The van der Waals surface area contributed by atoms with Crippen LogP contribution in [0.2, 0.25) is 0 Å². The molecule has 0 unspecified atom stereocenters. The Morgan fingerprint density at radius 2 is 1.79 bits per heavy atom. The first kappa shape index (κ1) is 13.0. The van der Waals surface area contributed by atoms with Crippen LogP contribution in [-0.2, 0) is 6.61 Å². The van der Waals surface area contributed by atoms with Crippen molar-refractivity contribution in [3.8, 4) is 5.75 Å². The number of nitrogens with one attached hydrogen (secondary N) is 1. The molecule has 5 heteroatoms. The standard InChI is InChI=1S/C14H16N4O/c1-9-6-11(14(15)16)7-10(2)13(9)19-8-12-17-4-3-5-18-12/h3-7H,8H2,1-2H3,(H3,15,16). The summed E-state index contributed by atoms with van der Waals surface area (Å²) in [4.78, 5) is 8.22. The summed E-state index contributed by atoms with van der Waals surface area (Å²) < 4.78 is 5.75. The molecule has 0 atom stereocenters. The van der Waals surface area contributed by atoms with Crippen LogP contribution in [0, 0.1) is 19.3 Å². The molecule has 0 aliphatic heterocycles. The molecule has 2 aromatic rings. The third-order valence-electron chi connectivity index (χ3n) is 2.74. The van der Waals surface area contributed by atoms with Gasteiger partial charge in [0.1, 0.15) is 18.2 Å². The van der Waals surface area contributed by atoms with E-state index in [9.17, 15) is 0 Å². The number of amidine groups is 1. The Labute approximate surface area is 112 Å². The maximum Gasteiger partial charge on any atom is 0.166 e. The molecule has 0 bridgehead atoms. The van der Waals surface area contributed by atoms with Crippen LogP contribution >= 0.6 is 0 Å². The van der Waals surface area contributed by atoms with E-state index in [-0.39, 0.29) is 5.84 Å². The first-order chi connectivity index (χ1) is 9.08. The van der Waals surface area contributed by atoms with Crippen molar-refractivity contribution in [2.45, 2.75) is 20.5 Å². The molecule has 2 rings (SSSR count). The lowest BCUT2D eigenvalue weighted by Gasteiger charge is -2.13. The monoisotopic (exact) mass is 256 g/mol. The normalized spacial score (nSPS) is 10.2. The Balaban J connectivity index is 2.19. The Morgan fingerprint density at radius 3 is 2.32 bits per heavy atom. The third-order valence-corrected chi connectivity index (χ3v) is 2.74. The van der Waals surface area contributed by atoms with Crippen molar-refractivity contribution in [2.24, 2.45) is 5.73 Å². The van der Waals surface area contributed by atoms with Crippen molar-refractivity contribution in [2.75, 3.05) is 0 Å². The molecule has 0 amide bonds. The molecule has 1 heterocycles. The van der Waals surface area contributed by atoms with Crippen molar-refractivity contribution >= 4 is 5.84 Å². The van der Waals surface area contributed by atoms with Gasteiger partial charge in [0.15, 0.2) is 5.82 Å². The van der Waals surface area contributed by atoms with Gasteiger partial charge in [-0.1, -0.05) is 0 Å². The fourth-order valence-electron chi connectivity index (χ4n) is 1.87. The zero-order valence-corrected chi connectivity index (χ0v) is 11.0. The van der Waals surface area contributed by atoms with Gasteiger partial charge in [0.05, 0.1) is 0 Å². The average Bonchev–Trinajstić information content (AvgIpc) is 2.38. The molecule has 0 saturated heterocycles. The molecule has 3 N–H and O–H groups in total. The number of nitrogens with two attached hydrogens (primary N) is 1. The van der Waals surface area contributed by atoms with Gasteiger partial charge in [0.25, 0.3) is 0 Å². The second-order valence-electron chi connectivity index (χ2n) is 4.31. The molecule has 0 fully saturated rings. The Hall–Kier alpha value is -2.43. The summed E-state index contributed by atoms with van der Waals surface area (Å²) in [5, 5.41) is 7.45. The Morgan fingerprint density at radius 1 is 1.21 bits per heavy atom. The summed E-state index contributed by atoms with van der Waals surface area (Å²) in [6, 6.07) is 5.45. The highest BCUT2D eigenvalue weighted by Gasteiger charge is 2.08. The summed E-state index contributed by atoms with van der Waals surface area (Å²) in [5.74, 6) is 1.48. The highest BCUT2D eigenvalue weighted by atomic mass is 16.5. The van der Waals surface area contributed by atoms with Gasteiger partial charge in [0.2, 0.25) is 0 Å². The number of hydrogen-bond acceptors (Lipinski definition) is 4. The van der Waals surface area contributed by atoms with E-state index in [2.05, 4.69) is 9.97 Å². The second-order valence-corrected chi connectivity index (χ2v) is 4.31. The quantitative estimate of drug-likeness (QED) is 0.647. The lowest BCUT2D eigenvalue weighted by atomic mass is 10.1. The number of aryl methyl sites for hydroxylation is 2. The van der Waals surface area contributed by atoms with E-state index >= 15 is 0 Å². The summed E-state index contributed by atoms with van der Waals surface area (Å²) in [6.07, 6.45) is 3.37. The molecule has 5 nitrogen and oxygen atoms in total. The van der Waals surface area contributed by atoms with E-state index in [1.807, 2.05) is 26.0 Å². The van der Waals surface area contributed by atoms with Crippen molar-refractivity contribution in [3.05, 3.63) is 53.1 Å². The number of ether oxygens (including phenoxy) is 1. The molecule has 0 aliphatic rings. The first-order valence-electron chi connectivity index (χ1n) is 5.92. The fourth-order valence-corrected chi connectivity index (χ4v) is 1.87. The van der Waals surface area contributed by atoms with Crippen LogP contribution in [0.5, 0.6) is 5.75 Å². The minimum Gasteiger partial charge on any atom is -0.485 e. The highest BCUT2D eigenvalue weighted by Crippen LogP contribution is 2.25. The molecule has 0 spiro atoms. The van der Waals surface area contributed by atoms with Crippen LogP contribution in [-0.4, -0.2) is 15.8 Å². The van der Waals surface area contributed by atoms with Crippen molar-refractivity contribution < 1.29 is 4.74 Å². The van der Waals surface area contributed by atoms with E-state index in [0.29, 0.717) is 18.0 Å². The summed E-state index contributed by atoms with van der Waals surface area (Å²) in [6.45, 7) is 4.18. The molecule has 0 saturated carbocycles. The molecular formula is C14H16N4O. The van der Waals surface area contributed by atoms with Crippen molar-refractivity contribution in [3.63, 3.8) is 0 Å². The van der Waals surface area contributed by atoms with Gasteiger partial charge < -0.3 is 10.5 Å². The van der Waals surface area contributed by atoms with Crippen LogP contribution in [0.3, 0.4) is 0 Å². The van der Waals surface area contributed by atoms with Crippen molar-refractivity contribution in [1.29, 1.82) is 5.41 Å². The maximum atomic E-state index is 7.45. The lowest BCUT2D eigenvalue weighted by Crippen LogP contribution is -2.12. The van der Waals surface area contributed by atoms with E-state index in [1.165, 1.54) is 0 Å². The predicted molar refractivity (Wildman–Crippen MR) is 73.3 cm³/mol. The first-order valence-corrected chi connectivity index (χ1v) is 5.92. The van der Waals surface area contributed by atoms with E-state index in [4.69, 9.17) is 15.9 Å². The van der Waals surface area contributed by atoms with E-state index in [1.54, 1.807) is 18.5 Å².